The minimum absolute atomic E-state index is 0.971. The molecule has 0 saturated heterocycles. The molecule has 3 nitrogen and oxygen atoms in total. The number of aryl methyl sites for hydroxylation is 1. The van der Waals surface area contributed by atoms with Crippen LogP contribution in [-0.2, 0) is 6.42 Å². The molecule has 2 rings (SSSR count). The summed E-state index contributed by atoms with van der Waals surface area (Å²) in [5, 5.41) is 4.18. The molecule has 0 unspecified atom stereocenters. The van der Waals surface area contributed by atoms with Crippen molar-refractivity contribution in [3.8, 4) is 0 Å². The molecular weight excluding hydrogens is 162 g/mol. The first-order chi connectivity index (χ1) is 6.42. The SMILES string of the molecule is [CH2]CCCc1ccc2cncnn12. The van der Waals surface area contributed by atoms with Gasteiger partial charge in [-0.3, -0.25) is 0 Å². The van der Waals surface area contributed by atoms with E-state index < -0.39 is 0 Å². The van der Waals surface area contributed by atoms with Gasteiger partial charge in [0.2, 0.25) is 0 Å². The molecule has 0 spiro atoms. The Bertz CT molecular complexity index is 392. The second kappa shape index (κ2) is 3.56. The molecule has 1 radical (unpaired) electrons. The van der Waals surface area contributed by atoms with Gasteiger partial charge in [0.1, 0.15) is 6.33 Å². The summed E-state index contributed by atoms with van der Waals surface area (Å²) in [4.78, 5) is 3.96. The van der Waals surface area contributed by atoms with Crippen molar-refractivity contribution in [3.63, 3.8) is 0 Å². The summed E-state index contributed by atoms with van der Waals surface area (Å²) in [5.41, 5.74) is 2.29. The van der Waals surface area contributed by atoms with E-state index in [0.717, 1.165) is 24.8 Å². The van der Waals surface area contributed by atoms with Crippen LogP contribution in [0.1, 0.15) is 18.5 Å². The Kier molecular flexibility index (Phi) is 2.25. The zero-order valence-electron chi connectivity index (χ0n) is 7.48. The van der Waals surface area contributed by atoms with Crippen LogP contribution in [0.3, 0.4) is 0 Å². The van der Waals surface area contributed by atoms with Crippen molar-refractivity contribution in [3.05, 3.63) is 37.3 Å². The van der Waals surface area contributed by atoms with Gasteiger partial charge in [0.05, 0.1) is 11.7 Å². The minimum Gasteiger partial charge on any atom is -0.241 e. The Balaban J connectivity index is 2.35. The molecule has 0 saturated carbocycles. The number of fused-ring (bicyclic) bond motifs is 1. The lowest BCUT2D eigenvalue weighted by Gasteiger charge is -1.98. The number of hydrogen-bond acceptors (Lipinski definition) is 2. The molecule has 2 aromatic heterocycles. The minimum atomic E-state index is 0.971. The van der Waals surface area contributed by atoms with Crippen LogP contribution in [0, 0.1) is 6.92 Å². The molecule has 67 valence electrons. The van der Waals surface area contributed by atoms with Gasteiger partial charge >= 0.3 is 0 Å². The zero-order valence-corrected chi connectivity index (χ0v) is 7.48. The quantitative estimate of drug-likeness (QED) is 0.711. The summed E-state index contributed by atoms with van der Waals surface area (Å²) in [5.74, 6) is 0. The molecular formula is C10H12N3. The van der Waals surface area contributed by atoms with Crippen molar-refractivity contribution < 1.29 is 0 Å². The maximum Gasteiger partial charge on any atom is 0.136 e. The number of unbranched alkanes of at least 4 members (excludes halogenated alkanes) is 1. The number of nitrogens with zero attached hydrogens (tertiary/aromatic N) is 3. The topological polar surface area (TPSA) is 30.2 Å². The van der Waals surface area contributed by atoms with Crippen molar-refractivity contribution in [1.29, 1.82) is 0 Å². The third kappa shape index (κ3) is 1.54. The summed E-state index contributed by atoms with van der Waals surface area (Å²) in [6, 6.07) is 4.14. The average Bonchev–Trinajstić information content (AvgIpc) is 2.58. The van der Waals surface area contributed by atoms with Gasteiger partial charge in [-0.15, -0.1) is 0 Å². The van der Waals surface area contributed by atoms with E-state index in [1.807, 2.05) is 16.8 Å². The molecule has 0 fully saturated rings. The highest BCUT2D eigenvalue weighted by molar-refractivity contribution is 5.45. The van der Waals surface area contributed by atoms with Gasteiger partial charge in [-0.2, -0.15) is 5.10 Å². The van der Waals surface area contributed by atoms with E-state index in [4.69, 9.17) is 0 Å². The van der Waals surface area contributed by atoms with E-state index in [-0.39, 0.29) is 0 Å². The average molecular weight is 174 g/mol. The van der Waals surface area contributed by atoms with Gasteiger partial charge < -0.3 is 0 Å². The highest BCUT2D eigenvalue weighted by atomic mass is 15.2. The molecule has 13 heavy (non-hydrogen) atoms. The highest BCUT2D eigenvalue weighted by Crippen LogP contribution is 2.09. The van der Waals surface area contributed by atoms with E-state index in [0.29, 0.717) is 0 Å². The van der Waals surface area contributed by atoms with Gasteiger partial charge in [0.25, 0.3) is 0 Å². The standard InChI is InChI=1S/C10H12N3/c1-2-3-4-9-5-6-10-7-11-8-12-13(9)10/h5-8H,1-4H2. The van der Waals surface area contributed by atoms with Crippen molar-refractivity contribution in [2.24, 2.45) is 0 Å². The van der Waals surface area contributed by atoms with Crippen molar-refractivity contribution in [1.82, 2.24) is 14.6 Å². The largest absolute Gasteiger partial charge is 0.241 e. The van der Waals surface area contributed by atoms with E-state index in [2.05, 4.69) is 23.1 Å². The third-order valence-corrected chi connectivity index (χ3v) is 2.09. The normalized spacial score (nSPS) is 10.8. The Morgan fingerprint density at radius 3 is 3.15 bits per heavy atom. The van der Waals surface area contributed by atoms with Crippen LogP contribution < -0.4 is 0 Å². The number of hydrogen-bond donors (Lipinski definition) is 0. The van der Waals surface area contributed by atoms with Crippen LogP contribution in [0.2, 0.25) is 0 Å². The Morgan fingerprint density at radius 1 is 1.38 bits per heavy atom. The maximum atomic E-state index is 4.18. The summed E-state index contributed by atoms with van der Waals surface area (Å²) < 4.78 is 1.93. The number of aromatic nitrogens is 3. The fourth-order valence-corrected chi connectivity index (χ4v) is 1.41. The van der Waals surface area contributed by atoms with Gasteiger partial charge in [-0.1, -0.05) is 13.3 Å². The second-order valence-corrected chi connectivity index (χ2v) is 3.03. The van der Waals surface area contributed by atoms with E-state index in [1.54, 1.807) is 6.33 Å². The molecule has 0 bridgehead atoms. The van der Waals surface area contributed by atoms with Gasteiger partial charge in [0, 0.05) is 5.69 Å². The first kappa shape index (κ1) is 8.23. The van der Waals surface area contributed by atoms with Crippen LogP contribution in [0.4, 0.5) is 0 Å². The molecule has 0 aliphatic heterocycles. The molecule has 2 heterocycles. The third-order valence-electron chi connectivity index (χ3n) is 2.09. The van der Waals surface area contributed by atoms with Crippen molar-refractivity contribution >= 4 is 5.52 Å². The molecule has 0 atom stereocenters. The lowest BCUT2D eigenvalue weighted by molar-refractivity contribution is 0.763. The first-order valence-electron chi connectivity index (χ1n) is 4.47. The zero-order chi connectivity index (χ0) is 9.10. The Labute approximate surface area is 77.4 Å². The summed E-state index contributed by atoms with van der Waals surface area (Å²) in [6.45, 7) is 3.82. The summed E-state index contributed by atoms with van der Waals surface area (Å²) >= 11 is 0. The number of rotatable bonds is 3. The predicted molar refractivity (Wildman–Crippen MR) is 51.3 cm³/mol. The first-order valence-corrected chi connectivity index (χ1v) is 4.47. The molecule has 0 aliphatic carbocycles. The van der Waals surface area contributed by atoms with E-state index in [9.17, 15) is 0 Å². The second-order valence-electron chi connectivity index (χ2n) is 3.03. The lowest BCUT2D eigenvalue weighted by atomic mass is 10.2. The van der Waals surface area contributed by atoms with E-state index >= 15 is 0 Å². The Morgan fingerprint density at radius 2 is 2.31 bits per heavy atom. The maximum absolute atomic E-state index is 4.18. The molecule has 3 heteroatoms. The summed E-state index contributed by atoms with van der Waals surface area (Å²) in [7, 11) is 0. The molecule has 2 aromatic rings. The van der Waals surface area contributed by atoms with Gasteiger partial charge in [-0.25, -0.2) is 9.50 Å². The van der Waals surface area contributed by atoms with Crippen LogP contribution in [0.15, 0.2) is 24.7 Å². The summed E-state index contributed by atoms with van der Waals surface area (Å²) in [6.07, 6.45) is 6.50. The van der Waals surface area contributed by atoms with Crippen molar-refractivity contribution in [2.45, 2.75) is 19.3 Å². The van der Waals surface area contributed by atoms with E-state index in [1.165, 1.54) is 5.69 Å². The van der Waals surface area contributed by atoms with Crippen molar-refractivity contribution in [2.75, 3.05) is 0 Å². The van der Waals surface area contributed by atoms with Crippen LogP contribution in [-0.4, -0.2) is 14.6 Å². The van der Waals surface area contributed by atoms with Crippen LogP contribution in [0.5, 0.6) is 0 Å². The molecule has 0 N–H and O–H groups in total. The van der Waals surface area contributed by atoms with Gasteiger partial charge in [-0.05, 0) is 25.0 Å². The monoisotopic (exact) mass is 174 g/mol. The molecule has 0 amide bonds. The van der Waals surface area contributed by atoms with Gasteiger partial charge in [0.15, 0.2) is 0 Å². The molecule has 0 aliphatic rings. The molecule has 0 aromatic carbocycles. The van der Waals surface area contributed by atoms with Crippen LogP contribution in [0.25, 0.3) is 5.52 Å². The fourth-order valence-electron chi connectivity index (χ4n) is 1.41. The smallest absolute Gasteiger partial charge is 0.136 e. The highest BCUT2D eigenvalue weighted by Gasteiger charge is 2.00. The van der Waals surface area contributed by atoms with Crippen LogP contribution >= 0.6 is 0 Å². The predicted octanol–water partition coefficient (Wildman–Crippen LogP) is 1.89. The lowest BCUT2D eigenvalue weighted by Crippen LogP contribution is -1.97. The Hall–Kier alpha value is -1.38. The fraction of sp³-hybridized carbons (Fsp3) is 0.300.